The van der Waals surface area contributed by atoms with Crippen molar-refractivity contribution in [1.82, 2.24) is 9.88 Å². The van der Waals surface area contributed by atoms with E-state index in [4.69, 9.17) is 5.11 Å². The number of carboxylic acid groups (broad SMARTS) is 1. The van der Waals surface area contributed by atoms with E-state index in [1.54, 1.807) is 10.6 Å². The SMILES string of the molecule is [CH2]Cn1cc(C(=O)O)c(=O)c2cc(F)c(N3CCNC(C)C3)cc21. The second-order valence-electron chi connectivity index (χ2n) is 5.99. The molecule has 127 valence electrons. The van der Waals surface area contributed by atoms with Crippen molar-refractivity contribution in [2.24, 2.45) is 0 Å². The van der Waals surface area contributed by atoms with E-state index in [0.717, 1.165) is 12.6 Å². The van der Waals surface area contributed by atoms with E-state index in [9.17, 15) is 14.0 Å². The summed E-state index contributed by atoms with van der Waals surface area (Å²) in [4.78, 5) is 25.5. The first-order chi connectivity index (χ1) is 11.4. The number of aromatic nitrogens is 1. The fraction of sp³-hybridized carbons (Fsp3) is 0.353. The Labute approximate surface area is 138 Å². The smallest absolute Gasteiger partial charge is 0.341 e. The van der Waals surface area contributed by atoms with Crippen LogP contribution in [-0.4, -0.2) is 41.3 Å². The zero-order valence-corrected chi connectivity index (χ0v) is 13.4. The highest BCUT2D eigenvalue weighted by Gasteiger charge is 2.22. The van der Waals surface area contributed by atoms with Crippen molar-refractivity contribution in [2.75, 3.05) is 24.5 Å². The molecular weight excluding hydrogens is 313 g/mol. The fourth-order valence-electron chi connectivity index (χ4n) is 3.13. The normalized spacial score (nSPS) is 18.1. The number of carboxylic acids is 1. The van der Waals surface area contributed by atoms with E-state index in [2.05, 4.69) is 12.2 Å². The summed E-state index contributed by atoms with van der Waals surface area (Å²) in [6, 6.07) is 2.98. The average molecular weight is 332 g/mol. The number of benzene rings is 1. The maximum absolute atomic E-state index is 14.6. The summed E-state index contributed by atoms with van der Waals surface area (Å²) < 4.78 is 16.2. The number of pyridine rings is 1. The molecule has 0 amide bonds. The molecule has 0 spiro atoms. The van der Waals surface area contributed by atoms with Crippen LogP contribution in [0.4, 0.5) is 10.1 Å². The largest absolute Gasteiger partial charge is 0.477 e. The third-order valence-corrected chi connectivity index (χ3v) is 4.33. The van der Waals surface area contributed by atoms with Gasteiger partial charge in [-0.25, -0.2) is 9.18 Å². The molecule has 2 heterocycles. The van der Waals surface area contributed by atoms with Gasteiger partial charge in [0.2, 0.25) is 5.43 Å². The Morgan fingerprint density at radius 1 is 1.50 bits per heavy atom. The lowest BCUT2D eigenvalue weighted by Crippen LogP contribution is -2.49. The molecule has 1 aromatic heterocycles. The second kappa shape index (κ2) is 6.24. The summed E-state index contributed by atoms with van der Waals surface area (Å²) in [6.07, 6.45) is 1.27. The Kier molecular flexibility index (Phi) is 4.28. The number of nitrogens with one attached hydrogen (secondary N) is 1. The molecule has 1 aliphatic heterocycles. The fourth-order valence-corrected chi connectivity index (χ4v) is 3.13. The van der Waals surface area contributed by atoms with Gasteiger partial charge in [-0.2, -0.15) is 0 Å². The molecule has 7 heteroatoms. The first-order valence-corrected chi connectivity index (χ1v) is 7.80. The Hall–Kier alpha value is -2.41. The molecule has 1 fully saturated rings. The summed E-state index contributed by atoms with van der Waals surface area (Å²) in [5, 5.41) is 12.5. The van der Waals surface area contributed by atoms with Crippen molar-refractivity contribution in [3.05, 3.63) is 46.9 Å². The number of rotatable bonds is 3. The molecule has 1 saturated heterocycles. The molecule has 2 N–H and O–H groups in total. The number of anilines is 1. The van der Waals surface area contributed by atoms with Crippen LogP contribution >= 0.6 is 0 Å². The number of hydrogen-bond acceptors (Lipinski definition) is 4. The molecule has 2 aromatic rings. The van der Waals surface area contributed by atoms with E-state index < -0.39 is 17.2 Å². The van der Waals surface area contributed by atoms with Crippen molar-refractivity contribution < 1.29 is 14.3 Å². The molecule has 1 aromatic carbocycles. The van der Waals surface area contributed by atoms with Gasteiger partial charge in [-0.1, -0.05) is 0 Å². The Bertz CT molecular complexity index is 862. The Morgan fingerprint density at radius 2 is 2.25 bits per heavy atom. The van der Waals surface area contributed by atoms with Crippen LogP contribution in [0.15, 0.2) is 23.1 Å². The maximum atomic E-state index is 14.6. The quantitative estimate of drug-likeness (QED) is 0.890. The molecule has 0 bridgehead atoms. The molecule has 24 heavy (non-hydrogen) atoms. The van der Waals surface area contributed by atoms with Gasteiger partial charge in [0.05, 0.1) is 11.2 Å². The maximum Gasteiger partial charge on any atom is 0.341 e. The first kappa shape index (κ1) is 16.4. The third-order valence-electron chi connectivity index (χ3n) is 4.33. The number of carbonyl (C=O) groups is 1. The van der Waals surface area contributed by atoms with Gasteiger partial charge in [0.1, 0.15) is 11.4 Å². The predicted molar refractivity (Wildman–Crippen MR) is 90.2 cm³/mol. The number of halogens is 1. The number of aromatic carboxylic acids is 1. The van der Waals surface area contributed by atoms with Crippen LogP contribution in [0.2, 0.25) is 0 Å². The van der Waals surface area contributed by atoms with Crippen LogP contribution in [0, 0.1) is 12.7 Å². The van der Waals surface area contributed by atoms with Gasteiger partial charge in [0.25, 0.3) is 0 Å². The van der Waals surface area contributed by atoms with Crippen molar-refractivity contribution in [1.29, 1.82) is 0 Å². The van der Waals surface area contributed by atoms with Gasteiger partial charge in [0, 0.05) is 43.8 Å². The van der Waals surface area contributed by atoms with Crippen molar-refractivity contribution in [3.8, 4) is 0 Å². The molecule has 1 aliphatic rings. The zero-order chi connectivity index (χ0) is 17.4. The first-order valence-electron chi connectivity index (χ1n) is 7.80. The number of fused-ring (bicyclic) bond motifs is 1. The van der Waals surface area contributed by atoms with Crippen LogP contribution in [0.3, 0.4) is 0 Å². The summed E-state index contributed by atoms with van der Waals surface area (Å²) in [5.74, 6) is -1.85. The topological polar surface area (TPSA) is 74.6 Å². The summed E-state index contributed by atoms with van der Waals surface area (Å²) >= 11 is 0. The molecule has 1 radical (unpaired) electrons. The molecule has 3 rings (SSSR count). The molecule has 0 aliphatic carbocycles. The van der Waals surface area contributed by atoms with E-state index in [1.807, 2.05) is 11.8 Å². The van der Waals surface area contributed by atoms with Crippen LogP contribution in [-0.2, 0) is 6.54 Å². The van der Waals surface area contributed by atoms with E-state index >= 15 is 0 Å². The standard InChI is InChI=1S/C17H19FN3O3/c1-3-20-9-12(17(23)24)16(22)11-6-13(18)15(7-14(11)20)21-5-4-19-10(2)8-21/h6-7,9-10,19H,1,3-5,8H2,2H3,(H,23,24). The number of nitrogens with zero attached hydrogens (tertiary/aromatic N) is 2. The number of hydrogen-bond donors (Lipinski definition) is 2. The number of piperazine rings is 1. The monoisotopic (exact) mass is 332 g/mol. The van der Waals surface area contributed by atoms with E-state index in [-0.39, 0.29) is 23.5 Å². The lowest BCUT2D eigenvalue weighted by atomic mass is 10.1. The molecule has 1 unspecified atom stereocenters. The average Bonchev–Trinajstić information content (AvgIpc) is 2.55. The molecule has 6 nitrogen and oxygen atoms in total. The van der Waals surface area contributed by atoms with Gasteiger partial charge < -0.3 is 19.9 Å². The van der Waals surface area contributed by atoms with E-state index in [0.29, 0.717) is 24.3 Å². The van der Waals surface area contributed by atoms with Crippen LogP contribution < -0.4 is 15.6 Å². The van der Waals surface area contributed by atoms with Crippen molar-refractivity contribution in [2.45, 2.75) is 19.5 Å². The van der Waals surface area contributed by atoms with Gasteiger partial charge in [0.15, 0.2) is 0 Å². The lowest BCUT2D eigenvalue weighted by Gasteiger charge is -2.34. The highest BCUT2D eigenvalue weighted by Crippen LogP contribution is 2.26. The predicted octanol–water partition coefficient (Wildman–Crippen LogP) is 1.47. The Balaban J connectivity index is 2.22. The van der Waals surface area contributed by atoms with Crippen molar-refractivity contribution in [3.63, 3.8) is 0 Å². The zero-order valence-electron chi connectivity index (χ0n) is 13.4. The third kappa shape index (κ3) is 2.75. The lowest BCUT2D eigenvalue weighted by molar-refractivity contribution is 0.0695. The van der Waals surface area contributed by atoms with Crippen LogP contribution in [0.5, 0.6) is 0 Å². The second-order valence-corrected chi connectivity index (χ2v) is 5.99. The highest BCUT2D eigenvalue weighted by molar-refractivity contribution is 5.93. The highest BCUT2D eigenvalue weighted by atomic mass is 19.1. The molecule has 0 saturated carbocycles. The summed E-state index contributed by atoms with van der Waals surface area (Å²) in [7, 11) is 0. The van der Waals surface area contributed by atoms with Gasteiger partial charge in [-0.3, -0.25) is 4.79 Å². The minimum atomic E-state index is -1.33. The molecular formula is C17H19FN3O3. The molecule has 1 atom stereocenters. The van der Waals surface area contributed by atoms with Gasteiger partial charge in [-0.05, 0) is 26.0 Å². The summed E-state index contributed by atoms with van der Waals surface area (Å²) in [6.45, 7) is 8.09. The van der Waals surface area contributed by atoms with Crippen LogP contribution in [0.25, 0.3) is 10.9 Å². The van der Waals surface area contributed by atoms with E-state index in [1.165, 1.54) is 6.20 Å². The Morgan fingerprint density at radius 3 is 2.88 bits per heavy atom. The van der Waals surface area contributed by atoms with Gasteiger partial charge >= 0.3 is 5.97 Å². The minimum Gasteiger partial charge on any atom is -0.477 e. The minimum absolute atomic E-state index is 0.0583. The summed E-state index contributed by atoms with van der Waals surface area (Å²) in [5.41, 5.74) is -0.154. The van der Waals surface area contributed by atoms with Gasteiger partial charge in [-0.15, -0.1) is 0 Å². The van der Waals surface area contributed by atoms with Crippen LogP contribution in [0.1, 0.15) is 17.3 Å². The van der Waals surface area contributed by atoms with Crippen molar-refractivity contribution >= 4 is 22.6 Å².